The van der Waals surface area contributed by atoms with Crippen LogP contribution in [-0.4, -0.2) is 35.1 Å². The van der Waals surface area contributed by atoms with Gasteiger partial charge in [-0.25, -0.2) is 4.79 Å². The second-order valence-electron chi connectivity index (χ2n) is 7.28. The maximum Gasteiger partial charge on any atom is 0.407 e. The standard InChI is InChI=1S/C19H29ClN2O3/c1-14(2)22(13-15-8-6-9-16(20)12-15)17(23)10-7-11-21-18(24)25-19(3,4)5/h6,8-9,12,14H,7,10-11,13H2,1-5H3,(H,21,24). The van der Waals surface area contributed by atoms with Crippen LogP contribution in [0.5, 0.6) is 0 Å². The van der Waals surface area contributed by atoms with Gasteiger partial charge in [-0.1, -0.05) is 23.7 Å². The van der Waals surface area contributed by atoms with Crippen LogP contribution >= 0.6 is 11.6 Å². The lowest BCUT2D eigenvalue weighted by atomic mass is 10.1. The van der Waals surface area contributed by atoms with E-state index in [1.807, 2.05) is 63.8 Å². The van der Waals surface area contributed by atoms with Gasteiger partial charge in [-0.2, -0.15) is 0 Å². The van der Waals surface area contributed by atoms with Gasteiger partial charge in [-0.05, 0) is 58.7 Å². The fourth-order valence-electron chi connectivity index (χ4n) is 2.28. The van der Waals surface area contributed by atoms with Crippen molar-refractivity contribution in [3.63, 3.8) is 0 Å². The van der Waals surface area contributed by atoms with E-state index >= 15 is 0 Å². The van der Waals surface area contributed by atoms with E-state index in [1.165, 1.54) is 0 Å². The summed E-state index contributed by atoms with van der Waals surface area (Å²) in [5, 5.41) is 3.33. The zero-order valence-electron chi connectivity index (χ0n) is 15.8. The molecule has 0 aliphatic rings. The molecular formula is C19H29ClN2O3. The first kappa shape index (κ1) is 21.3. The van der Waals surface area contributed by atoms with E-state index < -0.39 is 11.7 Å². The molecule has 0 saturated heterocycles. The number of ether oxygens (including phenoxy) is 1. The number of hydrogen-bond donors (Lipinski definition) is 1. The number of halogens is 1. The van der Waals surface area contributed by atoms with E-state index in [9.17, 15) is 9.59 Å². The molecule has 0 fully saturated rings. The highest BCUT2D eigenvalue weighted by molar-refractivity contribution is 6.30. The number of carbonyl (C=O) groups is 2. The van der Waals surface area contributed by atoms with Crippen molar-refractivity contribution in [3.05, 3.63) is 34.9 Å². The first-order valence-electron chi connectivity index (χ1n) is 8.59. The summed E-state index contributed by atoms with van der Waals surface area (Å²) >= 11 is 6.01. The number of benzene rings is 1. The van der Waals surface area contributed by atoms with Gasteiger partial charge >= 0.3 is 6.09 Å². The van der Waals surface area contributed by atoms with Crippen LogP contribution < -0.4 is 5.32 Å². The van der Waals surface area contributed by atoms with Gasteiger partial charge in [0.15, 0.2) is 0 Å². The Morgan fingerprint density at radius 3 is 2.52 bits per heavy atom. The van der Waals surface area contributed by atoms with Gasteiger partial charge in [0.2, 0.25) is 5.91 Å². The summed E-state index contributed by atoms with van der Waals surface area (Å²) in [6.45, 7) is 10.3. The van der Waals surface area contributed by atoms with Crippen LogP contribution in [0, 0.1) is 0 Å². The number of nitrogens with zero attached hydrogens (tertiary/aromatic N) is 1. The molecule has 0 saturated carbocycles. The van der Waals surface area contributed by atoms with E-state index in [0.29, 0.717) is 31.0 Å². The lowest BCUT2D eigenvalue weighted by Crippen LogP contribution is -2.37. The monoisotopic (exact) mass is 368 g/mol. The van der Waals surface area contributed by atoms with Crippen LogP contribution in [0.3, 0.4) is 0 Å². The van der Waals surface area contributed by atoms with Gasteiger partial charge in [0.1, 0.15) is 5.60 Å². The Bertz CT molecular complexity index is 582. The zero-order chi connectivity index (χ0) is 19.0. The summed E-state index contributed by atoms with van der Waals surface area (Å²) in [6, 6.07) is 7.61. The van der Waals surface area contributed by atoms with Crippen LogP contribution in [0.25, 0.3) is 0 Å². The second kappa shape index (κ2) is 9.66. The molecule has 6 heteroatoms. The van der Waals surface area contributed by atoms with E-state index in [-0.39, 0.29) is 11.9 Å². The van der Waals surface area contributed by atoms with Crippen molar-refractivity contribution in [1.29, 1.82) is 0 Å². The van der Waals surface area contributed by atoms with E-state index in [2.05, 4.69) is 5.32 Å². The smallest absolute Gasteiger partial charge is 0.407 e. The lowest BCUT2D eigenvalue weighted by Gasteiger charge is -2.27. The molecule has 0 heterocycles. The molecule has 0 radical (unpaired) electrons. The number of alkyl carbamates (subject to hydrolysis) is 1. The van der Waals surface area contributed by atoms with Crippen LogP contribution in [0.4, 0.5) is 4.79 Å². The molecule has 0 aliphatic carbocycles. The molecule has 2 amide bonds. The van der Waals surface area contributed by atoms with Crippen molar-refractivity contribution in [1.82, 2.24) is 10.2 Å². The van der Waals surface area contributed by atoms with Crippen LogP contribution in [0.2, 0.25) is 5.02 Å². The molecule has 0 aromatic heterocycles. The highest BCUT2D eigenvalue weighted by Crippen LogP contribution is 2.15. The van der Waals surface area contributed by atoms with Gasteiger partial charge in [-0.15, -0.1) is 0 Å². The van der Waals surface area contributed by atoms with Crippen molar-refractivity contribution in [3.8, 4) is 0 Å². The third-order valence-electron chi connectivity index (χ3n) is 3.42. The molecule has 1 rings (SSSR count). The van der Waals surface area contributed by atoms with Gasteiger partial charge in [0.05, 0.1) is 0 Å². The molecule has 1 aromatic rings. The number of nitrogens with one attached hydrogen (secondary N) is 1. The molecule has 0 aliphatic heterocycles. The molecule has 1 N–H and O–H groups in total. The summed E-state index contributed by atoms with van der Waals surface area (Å²) in [5.74, 6) is 0.0564. The quantitative estimate of drug-likeness (QED) is 0.726. The topological polar surface area (TPSA) is 58.6 Å². The number of amides is 2. The highest BCUT2D eigenvalue weighted by Gasteiger charge is 2.18. The molecule has 25 heavy (non-hydrogen) atoms. The van der Waals surface area contributed by atoms with Crippen molar-refractivity contribution in [2.24, 2.45) is 0 Å². The Morgan fingerprint density at radius 2 is 1.96 bits per heavy atom. The predicted molar refractivity (Wildman–Crippen MR) is 101 cm³/mol. The summed E-state index contributed by atoms with van der Waals surface area (Å²) in [5.41, 5.74) is 0.479. The lowest BCUT2D eigenvalue weighted by molar-refractivity contribution is -0.133. The minimum absolute atomic E-state index is 0.0564. The fourth-order valence-corrected chi connectivity index (χ4v) is 2.49. The van der Waals surface area contributed by atoms with Crippen molar-refractivity contribution in [2.45, 2.75) is 65.6 Å². The van der Waals surface area contributed by atoms with Gasteiger partial charge in [0, 0.05) is 30.6 Å². The Kier molecular flexibility index (Phi) is 8.23. The molecule has 1 aromatic carbocycles. The SMILES string of the molecule is CC(C)N(Cc1cccc(Cl)c1)C(=O)CCCNC(=O)OC(C)(C)C. The fraction of sp³-hybridized carbons (Fsp3) is 0.579. The molecule has 140 valence electrons. The summed E-state index contributed by atoms with van der Waals surface area (Å²) in [6.07, 6.45) is 0.477. The Hall–Kier alpha value is -1.75. The normalized spacial score (nSPS) is 11.3. The van der Waals surface area contributed by atoms with E-state index in [0.717, 1.165) is 5.56 Å². The first-order valence-corrected chi connectivity index (χ1v) is 8.97. The average molecular weight is 369 g/mol. The summed E-state index contributed by atoms with van der Waals surface area (Å²) in [7, 11) is 0. The number of hydrogen-bond acceptors (Lipinski definition) is 3. The maximum atomic E-state index is 12.5. The summed E-state index contributed by atoms with van der Waals surface area (Å²) < 4.78 is 5.16. The zero-order valence-corrected chi connectivity index (χ0v) is 16.5. The minimum atomic E-state index is -0.523. The largest absolute Gasteiger partial charge is 0.444 e. The van der Waals surface area contributed by atoms with Crippen LogP contribution in [-0.2, 0) is 16.1 Å². The van der Waals surface area contributed by atoms with Gasteiger partial charge in [0.25, 0.3) is 0 Å². The van der Waals surface area contributed by atoms with Gasteiger partial charge < -0.3 is 15.0 Å². The van der Waals surface area contributed by atoms with Crippen LogP contribution in [0.1, 0.15) is 53.0 Å². The third kappa shape index (κ3) is 8.77. The molecule has 5 nitrogen and oxygen atoms in total. The van der Waals surface area contributed by atoms with Crippen molar-refractivity contribution < 1.29 is 14.3 Å². The summed E-state index contributed by atoms with van der Waals surface area (Å²) in [4.78, 5) is 25.9. The predicted octanol–water partition coefficient (Wildman–Crippen LogP) is 4.38. The molecule has 0 unspecified atom stereocenters. The molecular weight excluding hydrogens is 340 g/mol. The Labute approximate surface area is 155 Å². The average Bonchev–Trinajstić information content (AvgIpc) is 2.47. The molecule has 0 atom stereocenters. The van der Waals surface area contributed by atoms with Crippen molar-refractivity contribution in [2.75, 3.05) is 6.54 Å². The second-order valence-corrected chi connectivity index (χ2v) is 7.71. The Morgan fingerprint density at radius 1 is 1.28 bits per heavy atom. The van der Waals surface area contributed by atoms with Crippen LogP contribution in [0.15, 0.2) is 24.3 Å². The minimum Gasteiger partial charge on any atom is -0.444 e. The van der Waals surface area contributed by atoms with Crippen molar-refractivity contribution >= 4 is 23.6 Å². The third-order valence-corrected chi connectivity index (χ3v) is 3.66. The molecule has 0 spiro atoms. The number of carbonyl (C=O) groups excluding carboxylic acids is 2. The van der Waals surface area contributed by atoms with E-state index in [4.69, 9.17) is 16.3 Å². The van der Waals surface area contributed by atoms with E-state index in [1.54, 1.807) is 0 Å². The maximum absolute atomic E-state index is 12.5. The highest BCUT2D eigenvalue weighted by atomic mass is 35.5. The first-order chi connectivity index (χ1) is 11.6. The molecule has 0 bridgehead atoms. The number of rotatable bonds is 7. The van der Waals surface area contributed by atoms with Gasteiger partial charge in [-0.3, -0.25) is 4.79 Å². The Balaban J connectivity index is 2.45.